The molecular weight excluding hydrogens is 420 g/mol. The van der Waals surface area contributed by atoms with Gasteiger partial charge >= 0.3 is 0 Å². The average molecular weight is 459 g/mol. The number of nitrogens with zero attached hydrogens (tertiary/aromatic N) is 5. The Labute approximate surface area is 202 Å². The van der Waals surface area contributed by atoms with Crippen molar-refractivity contribution in [3.8, 4) is 11.3 Å². The van der Waals surface area contributed by atoms with E-state index in [4.69, 9.17) is 4.98 Å². The molecule has 4 heterocycles. The second-order valence-corrected chi connectivity index (χ2v) is 10.8. The minimum atomic E-state index is 0.355. The first-order valence-corrected chi connectivity index (χ1v) is 12.8. The van der Waals surface area contributed by atoms with Crippen molar-refractivity contribution >= 4 is 16.7 Å². The molecular formula is C28H38N6. The van der Waals surface area contributed by atoms with Crippen molar-refractivity contribution in [2.75, 3.05) is 7.05 Å². The van der Waals surface area contributed by atoms with E-state index in [1.54, 1.807) is 6.33 Å². The van der Waals surface area contributed by atoms with Gasteiger partial charge in [0.05, 0.1) is 16.7 Å². The maximum absolute atomic E-state index is 5.30. The van der Waals surface area contributed by atoms with Crippen molar-refractivity contribution in [1.82, 2.24) is 29.5 Å². The third-order valence-corrected chi connectivity index (χ3v) is 8.18. The predicted molar refractivity (Wildman–Crippen MR) is 140 cm³/mol. The second-order valence-electron chi connectivity index (χ2n) is 10.8. The lowest BCUT2D eigenvalue weighted by Crippen LogP contribution is -2.39. The van der Waals surface area contributed by atoms with Gasteiger partial charge in [0.1, 0.15) is 6.33 Å². The Morgan fingerprint density at radius 2 is 1.76 bits per heavy atom. The molecule has 0 aromatic carbocycles. The fraction of sp³-hybridized carbons (Fsp3) is 0.536. The van der Waals surface area contributed by atoms with E-state index in [9.17, 15) is 0 Å². The summed E-state index contributed by atoms with van der Waals surface area (Å²) in [5.41, 5.74) is 10.5. The minimum Gasteiger partial charge on any atom is -0.353 e. The molecule has 180 valence electrons. The van der Waals surface area contributed by atoms with Crippen LogP contribution in [0.15, 0.2) is 24.7 Å². The van der Waals surface area contributed by atoms with Crippen molar-refractivity contribution in [1.29, 1.82) is 0 Å². The number of aryl methyl sites for hydroxylation is 1. The Morgan fingerprint density at radius 1 is 1.03 bits per heavy atom. The minimum absolute atomic E-state index is 0.355. The summed E-state index contributed by atoms with van der Waals surface area (Å²) in [5, 5.41) is 4.41. The summed E-state index contributed by atoms with van der Waals surface area (Å²) < 4.78 is 1.89. The Kier molecular flexibility index (Phi) is 5.96. The molecule has 0 amide bonds. The molecule has 1 aliphatic carbocycles. The molecule has 5 rings (SSSR count). The van der Waals surface area contributed by atoms with E-state index in [1.165, 1.54) is 53.6 Å². The van der Waals surface area contributed by atoms with E-state index in [-0.39, 0.29) is 0 Å². The van der Waals surface area contributed by atoms with Crippen LogP contribution in [0.1, 0.15) is 87.6 Å². The highest BCUT2D eigenvalue weighted by atomic mass is 15.3. The lowest BCUT2D eigenvalue weighted by Gasteiger charge is -2.36. The quantitative estimate of drug-likeness (QED) is 0.377. The molecule has 0 atom stereocenters. The maximum Gasteiger partial charge on any atom is 0.158 e. The van der Waals surface area contributed by atoms with Crippen LogP contribution in [-0.2, 0) is 0 Å². The van der Waals surface area contributed by atoms with Gasteiger partial charge < -0.3 is 9.88 Å². The van der Waals surface area contributed by atoms with Crippen molar-refractivity contribution in [2.45, 2.75) is 91.1 Å². The van der Waals surface area contributed by atoms with Gasteiger partial charge in [-0.3, -0.25) is 4.98 Å². The lowest BCUT2D eigenvalue weighted by molar-refractivity contribution is 0.148. The summed E-state index contributed by atoms with van der Waals surface area (Å²) in [4.78, 5) is 16.0. The highest BCUT2D eigenvalue weighted by molar-refractivity contribution is 5.89. The Morgan fingerprint density at radius 3 is 2.44 bits per heavy atom. The molecule has 0 aliphatic heterocycles. The number of aromatic nitrogens is 5. The lowest BCUT2D eigenvalue weighted by atomic mass is 9.83. The van der Waals surface area contributed by atoms with Gasteiger partial charge in [-0.05, 0) is 89.6 Å². The van der Waals surface area contributed by atoms with Crippen LogP contribution in [0.3, 0.4) is 0 Å². The Balaban J connectivity index is 1.53. The van der Waals surface area contributed by atoms with Crippen LogP contribution in [0.5, 0.6) is 0 Å². The van der Waals surface area contributed by atoms with Gasteiger partial charge in [-0.2, -0.15) is 5.10 Å². The van der Waals surface area contributed by atoms with Gasteiger partial charge in [0.2, 0.25) is 0 Å². The van der Waals surface area contributed by atoms with Gasteiger partial charge in [-0.15, -0.1) is 0 Å². The van der Waals surface area contributed by atoms with Gasteiger partial charge in [-0.25, -0.2) is 9.50 Å². The van der Waals surface area contributed by atoms with E-state index in [2.05, 4.69) is 86.9 Å². The zero-order valence-corrected chi connectivity index (χ0v) is 21.7. The molecule has 6 heteroatoms. The molecule has 1 saturated carbocycles. The van der Waals surface area contributed by atoms with E-state index in [0.717, 1.165) is 22.4 Å². The van der Waals surface area contributed by atoms with Crippen molar-refractivity contribution in [3.05, 3.63) is 47.0 Å². The van der Waals surface area contributed by atoms with Crippen LogP contribution in [0.25, 0.3) is 27.9 Å². The van der Waals surface area contributed by atoms with E-state index >= 15 is 0 Å². The number of H-pyrrole nitrogens is 1. The van der Waals surface area contributed by atoms with Crippen molar-refractivity contribution in [2.24, 2.45) is 0 Å². The Bertz CT molecular complexity index is 1320. The first kappa shape index (κ1) is 23.0. The highest BCUT2D eigenvalue weighted by Gasteiger charge is 2.28. The van der Waals surface area contributed by atoms with Crippen LogP contribution in [-0.4, -0.2) is 48.6 Å². The summed E-state index contributed by atoms with van der Waals surface area (Å²) in [6.45, 7) is 13.4. The molecule has 0 spiro atoms. The predicted octanol–water partition coefficient (Wildman–Crippen LogP) is 6.38. The number of rotatable bonds is 5. The van der Waals surface area contributed by atoms with Crippen LogP contribution < -0.4 is 0 Å². The smallest absolute Gasteiger partial charge is 0.158 e. The zero-order valence-electron chi connectivity index (χ0n) is 21.7. The average Bonchev–Trinajstić information content (AvgIpc) is 3.45. The second kappa shape index (κ2) is 8.81. The van der Waals surface area contributed by atoms with Gasteiger partial charge in [0, 0.05) is 41.0 Å². The molecule has 0 bridgehead atoms. The van der Waals surface area contributed by atoms with Crippen molar-refractivity contribution < 1.29 is 0 Å². The number of hydrogen-bond donors (Lipinski definition) is 1. The third kappa shape index (κ3) is 3.82. The van der Waals surface area contributed by atoms with Crippen LogP contribution in [0, 0.1) is 13.8 Å². The number of pyridine rings is 2. The largest absolute Gasteiger partial charge is 0.353 e. The molecule has 0 radical (unpaired) electrons. The first-order valence-electron chi connectivity index (χ1n) is 12.8. The standard InChI is InChI=1S/C28H38N6/c1-16(2)25-26(22-14-34-28(29-15-30-34)19(6)18(22)5)32-24-13-12-23(31-27(24)25)20-8-10-21(11-9-20)33(7)17(3)4/h12-17,20-21,32H,8-11H2,1-7H3. The molecule has 6 nitrogen and oxygen atoms in total. The molecule has 0 unspecified atom stereocenters. The summed E-state index contributed by atoms with van der Waals surface area (Å²) in [6.07, 6.45) is 8.68. The maximum atomic E-state index is 5.30. The van der Waals surface area contributed by atoms with E-state index in [0.29, 0.717) is 23.9 Å². The van der Waals surface area contributed by atoms with Crippen LogP contribution >= 0.6 is 0 Å². The monoisotopic (exact) mass is 458 g/mol. The normalized spacial score (nSPS) is 19.4. The number of nitrogens with one attached hydrogen (secondary N) is 1. The van der Waals surface area contributed by atoms with Gasteiger partial charge in [0.25, 0.3) is 0 Å². The van der Waals surface area contributed by atoms with Gasteiger partial charge in [0.15, 0.2) is 5.65 Å². The molecule has 1 N–H and O–H groups in total. The molecule has 34 heavy (non-hydrogen) atoms. The van der Waals surface area contributed by atoms with Crippen molar-refractivity contribution in [3.63, 3.8) is 0 Å². The summed E-state index contributed by atoms with van der Waals surface area (Å²) in [7, 11) is 2.27. The molecule has 1 aliphatic rings. The summed E-state index contributed by atoms with van der Waals surface area (Å²) in [5.74, 6) is 0.906. The molecule has 4 aromatic rings. The number of aromatic amines is 1. The zero-order chi connectivity index (χ0) is 24.1. The summed E-state index contributed by atoms with van der Waals surface area (Å²) in [6, 6.07) is 5.80. The Hall–Kier alpha value is -2.73. The topological polar surface area (TPSA) is 62.1 Å². The van der Waals surface area contributed by atoms with Crippen LogP contribution in [0.4, 0.5) is 0 Å². The SMILES string of the molecule is Cc1c(-c2[nH]c3ccc(C4CCC(N(C)C(C)C)CC4)nc3c2C(C)C)cn2ncnc2c1C. The number of hydrogen-bond acceptors (Lipinski definition) is 4. The van der Waals surface area contributed by atoms with E-state index in [1.807, 2.05) is 4.52 Å². The number of fused-ring (bicyclic) bond motifs is 2. The summed E-state index contributed by atoms with van der Waals surface area (Å²) >= 11 is 0. The highest BCUT2D eigenvalue weighted by Crippen LogP contribution is 2.39. The third-order valence-electron chi connectivity index (χ3n) is 8.18. The molecule has 0 saturated heterocycles. The fourth-order valence-corrected chi connectivity index (χ4v) is 5.76. The van der Waals surface area contributed by atoms with Crippen LogP contribution in [0.2, 0.25) is 0 Å². The van der Waals surface area contributed by atoms with Gasteiger partial charge in [-0.1, -0.05) is 13.8 Å². The molecule has 1 fully saturated rings. The van der Waals surface area contributed by atoms with E-state index < -0.39 is 0 Å². The first-order chi connectivity index (χ1) is 16.3. The fourth-order valence-electron chi connectivity index (χ4n) is 5.76. The molecule has 4 aromatic heterocycles.